The number of sulfonamides is 1. The second kappa shape index (κ2) is 8.33. The molecule has 0 fully saturated rings. The van der Waals surface area contributed by atoms with Gasteiger partial charge in [0.05, 0.1) is 0 Å². The van der Waals surface area contributed by atoms with E-state index in [-0.39, 0.29) is 24.1 Å². The molecule has 1 aromatic heterocycles. The second-order valence-corrected chi connectivity index (χ2v) is 10.9. The average molecular weight is 468 g/mol. The highest BCUT2D eigenvalue weighted by Gasteiger charge is 2.58. The summed E-state index contributed by atoms with van der Waals surface area (Å²) >= 11 is 0. The molecule has 2 aromatic carbocycles. The van der Waals surface area contributed by atoms with E-state index < -0.39 is 20.4 Å². The van der Waals surface area contributed by atoms with Crippen LogP contribution in [0.5, 0.6) is 0 Å². The van der Waals surface area contributed by atoms with E-state index in [1.165, 1.54) is 12.4 Å². The standard InChI is InChI=1S/C25H26FN3O3S/c1-17(21-10-5-6-11-22(21)26)12-23-29-33(30,31)25(4,24(2,3)32-23)20-9-7-8-18(13-20)19-14-27-16-28-15-19/h5-11,13-17H,12H2,1-4H3/t17-,25?/m1/s1. The Labute approximate surface area is 193 Å². The first-order valence-electron chi connectivity index (χ1n) is 10.7. The summed E-state index contributed by atoms with van der Waals surface area (Å²) in [5, 5.41) is 0. The van der Waals surface area contributed by atoms with Gasteiger partial charge in [-0.15, -0.1) is 4.40 Å². The Morgan fingerprint density at radius 2 is 1.70 bits per heavy atom. The zero-order valence-electron chi connectivity index (χ0n) is 19.0. The van der Waals surface area contributed by atoms with Crippen LogP contribution in [0.1, 0.15) is 51.2 Å². The third kappa shape index (κ3) is 4.04. The molecule has 33 heavy (non-hydrogen) atoms. The molecule has 1 aliphatic rings. The van der Waals surface area contributed by atoms with Crippen molar-refractivity contribution in [3.63, 3.8) is 0 Å². The van der Waals surface area contributed by atoms with E-state index in [1.54, 1.807) is 63.5 Å². The maximum atomic E-state index is 14.2. The average Bonchev–Trinajstić information content (AvgIpc) is 2.78. The van der Waals surface area contributed by atoms with Gasteiger partial charge in [0.25, 0.3) is 10.0 Å². The summed E-state index contributed by atoms with van der Waals surface area (Å²) in [7, 11) is -4.03. The lowest BCUT2D eigenvalue weighted by atomic mass is 9.83. The second-order valence-electron chi connectivity index (χ2n) is 8.94. The lowest BCUT2D eigenvalue weighted by Gasteiger charge is -2.45. The molecule has 1 unspecified atom stereocenters. The summed E-state index contributed by atoms with van der Waals surface area (Å²) in [6, 6.07) is 13.7. The van der Waals surface area contributed by atoms with E-state index in [1.807, 2.05) is 19.1 Å². The molecule has 2 atom stereocenters. The van der Waals surface area contributed by atoms with Gasteiger partial charge in [-0.05, 0) is 55.5 Å². The minimum atomic E-state index is -4.03. The lowest BCUT2D eigenvalue weighted by molar-refractivity contribution is 0.0428. The molecule has 0 spiro atoms. The highest BCUT2D eigenvalue weighted by atomic mass is 32.2. The van der Waals surface area contributed by atoms with Crippen LogP contribution in [-0.4, -0.2) is 29.9 Å². The molecule has 0 saturated carbocycles. The lowest BCUT2D eigenvalue weighted by Crippen LogP contribution is -2.55. The molecule has 4 rings (SSSR count). The van der Waals surface area contributed by atoms with Crippen LogP contribution in [0.15, 0.2) is 71.6 Å². The first-order chi connectivity index (χ1) is 15.5. The fourth-order valence-corrected chi connectivity index (χ4v) is 5.86. The maximum absolute atomic E-state index is 14.2. The summed E-state index contributed by atoms with van der Waals surface area (Å²) in [5.74, 6) is -0.558. The molecule has 0 aliphatic carbocycles. The molecular weight excluding hydrogens is 441 g/mol. The summed E-state index contributed by atoms with van der Waals surface area (Å²) in [6.45, 7) is 6.93. The van der Waals surface area contributed by atoms with Crippen molar-refractivity contribution in [1.82, 2.24) is 9.97 Å². The van der Waals surface area contributed by atoms with Crippen molar-refractivity contribution in [3.05, 3.63) is 84.2 Å². The van der Waals surface area contributed by atoms with Crippen molar-refractivity contribution < 1.29 is 17.5 Å². The van der Waals surface area contributed by atoms with Crippen molar-refractivity contribution in [2.75, 3.05) is 0 Å². The Balaban J connectivity index is 1.73. The van der Waals surface area contributed by atoms with E-state index in [9.17, 15) is 12.8 Å². The first kappa shape index (κ1) is 23.0. The van der Waals surface area contributed by atoms with Crippen LogP contribution in [0.2, 0.25) is 0 Å². The van der Waals surface area contributed by atoms with Crippen LogP contribution in [0, 0.1) is 5.82 Å². The van der Waals surface area contributed by atoms with Gasteiger partial charge < -0.3 is 4.74 Å². The molecule has 3 aromatic rings. The van der Waals surface area contributed by atoms with Crippen molar-refractivity contribution in [3.8, 4) is 11.1 Å². The van der Waals surface area contributed by atoms with Gasteiger partial charge in [0, 0.05) is 24.4 Å². The van der Waals surface area contributed by atoms with Gasteiger partial charge in [-0.1, -0.05) is 43.3 Å². The normalized spacial score (nSPS) is 22.2. The predicted molar refractivity (Wildman–Crippen MR) is 126 cm³/mol. The van der Waals surface area contributed by atoms with Crippen molar-refractivity contribution >= 4 is 15.9 Å². The third-order valence-corrected chi connectivity index (χ3v) is 8.69. The SMILES string of the molecule is C[C@H](CC1=NS(=O)(=O)C(C)(c2cccc(-c3cncnc3)c2)C(C)(C)O1)c1ccccc1F. The monoisotopic (exact) mass is 467 g/mol. The number of rotatable bonds is 5. The predicted octanol–water partition coefficient (Wildman–Crippen LogP) is 5.23. The molecule has 0 bridgehead atoms. The Morgan fingerprint density at radius 3 is 2.36 bits per heavy atom. The number of nitrogens with zero attached hydrogens (tertiary/aromatic N) is 3. The van der Waals surface area contributed by atoms with Gasteiger partial charge >= 0.3 is 0 Å². The van der Waals surface area contributed by atoms with Gasteiger partial charge in [-0.3, -0.25) is 0 Å². The molecule has 2 heterocycles. The van der Waals surface area contributed by atoms with E-state index >= 15 is 0 Å². The summed E-state index contributed by atoms with van der Waals surface area (Å²) in [5.41, 5.74) is 1.48. The highest BCUT2D eigenvalue weighted by Crippen LogP contribution is 2.47. The van der Waals surface area contributed by atoms with Crippen LogP contribution in [0.3, 0.4) is 0 Å². The van der Waals surface area contributed by atoms with E-state index in [4.69, 9.17) is 4.74 Å². The maximum Gasteiger partial charge on any atom is 0.269 e. The molecule has 0 radical (unpaired) electrons. The Hall–Kier alpha value is -3.13. The van der Waals surface area contributed by atoms with Gasteiger partial charge in [0.15, 0.2) is 4.75 Å². The van der Waals surface area contributed by atoms with Gasteiger partial charge in [-0.2, -0.15) is 0 Å². The van der Waals surface area contributed by atoms with Crippen LogP contribution in [-0.2, 0) is 19.5 Å². The minimum Gasteiger partial charge on any atom is -0.472 e. The highest BCUT2D eigenvalue weighted by molar-refractivity contribution is 7.91. The van der Waals surface area contributed by atoms with Crippen molar-refractivity contribution in [2.45, 2.75) is 50.4 Å². The molecule has 0 N–H and O–H groups in total. The first-order valence-corrected chi connectivity index (χ1v) is 12.1. The molecule has 0 saturated heterocycles. The fourth-order valence-electron chi connectivity index (χ4n) is 4.21. The number of hydrogen-bond donors (Lipinski definition) is 0. The molecule has 1 aliphatic heterocycles. The summed E-state index contributed by atoms with van der Waals surface area (Å²) < 4.78 is 50.2. The summed E-state index contributed by atoms with van der Waals surface area (Å²) in [4.78, 5) is 8.09. The quantitative estimate of drug-likeness (QED) is 0.513. The van der Waals surface area contributed by atoms with Crippen LogP contribution < -0.4 is 0 Å². The van der Waals surface area contributed by atoms with Crippen LogP contribution in [0.4, 0.5) is 4.39 Å². The van der Waals surface area contributed by atoms with Gasteiger partial charge in [-0.25, -0.2) is 22.8 Å². The zero-order valence-corrected chi connectivity index (χ0v) is 19.8. The van der Waals surface area contributed by atoms with Crippen LogP contribution in [0.25, 0.3) is 11.1 Å². The summed E-state index contributed by atoms with van der Waals surface area (Å²) in [6.07, 6.45) is 4.95. The zero-order chi connectivity index (χ0) is 23.9. The van der Waals surface area contributed by atoms with E-state index in [2.05, 4.69) is 14.4 Å². The van der Waals surface area contributed by atoms with Gasteiger partial charge in [0.1, 0.15) is 17.7 Å². The van der Waals surface area contributed by atoms with E-state index in [0.29, 0.717) is 11.1 Å². The molecule has 0 amide bonds. The smallest absolute Gasteiger partial charge is 0.269 e. The Morgan fingerprint density at radius 1 is 1.00 bits per heavy atom. The number of aromatic nitrogens is 2. The third-order valence-electron chi connectivity index (χ3n) is 6.48. The number of ether oxygens (including phenoxy) is 1. The van der Waals surface area contributed by atoms with Crippen molar-refractivity contribution in [2.24, 2.45) is 4.40 Å². The van der Waals surface area contributed by atoms with Crippen LogP contribution >= 0.6 is 0 Å². The number of halogens is 1. The molecular formula is C25H26FN3O3S. The van der Waals surface area contributed by atoms with Crippen molar-refractivity contribution in [1.29, 1.82) is 0 Å². The topological polar surface area (TPSA) is 81.5 Å². The number of hydrogen-bond acceptors (Lipinski definition) is 5. The number of benzene rings is 2. The molecule has 172 valence electrons. The Kier molecular flexibility index (Phi) is 5.82. The van der Waals surface area contributed by atoms with E-state index in [0.717, 1.165) is 11.1 Å². The minimum absolute atomic E-state index is 0.0841. The van der Waals surface area contributed by atoms with Gasteiger partial charge in [0.2, 0.25) is 5.90 Å². The Bertz CT molecular complexity index is 1310. The fraction of sp³-hybridized carbons (Fsp3) is 0.320. The largest absolute Gasteiger partial charge is 0.472 e. The molecule has 6 nitrogen and oxygen atoms in total. The molecule has 8 heteroatoms.